The van der Waals surface area contributed by atoms with Crippen molar-refractivity contribution in [3.8, 4) is 0 Å². The van der Waals surface area contributed by atoms with E-state index in [1.165, 1.54) is 36.7 Å². The van der Waals surface area contributed by atoms with Crippen LogP contribution in [-0.4, -0.2) is 12.0 Å². The Balaban J connectivity index is 2.90. The third-order valence-electron chi connectivity index (χ3n) is 5.77. The lowest BCUT2D eigenvalue weighted by atomic mass is 9.56. The smallest absolute Gasteiger partial charge is 0.152 e. The van der Waals surface area contributed by atoms with Gasteiger partial charge in [0.25, 0.3) is 0 Å². The van der Waals surface area contributed by atoms with Gasteiger partial charge in [0.2, 0.25) is 0 Å². The summed E-state index contributed by atoms with van der Waals surface area (Å²) >= 11 is 4.76. The van der Waals surface area contributed by atoms with Crippen molar-refractivity contribution in [3.05, 3.63) is 42.5 Å². The molecule has 0 spiro atoms. The molecule has 0 N–H and O–H groups in total. The molecule has 0 atom stereocenters. The van der Waals surface area contributed by atoms with E-state index in [2.05, 4.69) is 85.7 Å². The topological polar surface area (TPSA) is 0 Å². The van der Waals surface area contributed by atoms with Crippen LogP contribution in [0.25, 0.3) is 0 Å². The molecule has 1 aromatic rings. The zero-order valence-corrected chi connectivity index (χ0v) is 17.5. The van der Waals surface area contributed by atoms with Gasteiger partial charge in [0.1, 0.15) is 0 Å². The second kappa shape index (κ2) is 8.65. The molecule has 0 aliphatic rings. The number of benzene rings is 1. The van der Waals surface area contributed by atoms with Crippen molar-refractivity contribution >= 4 is 25.4 Å². The monoisotopic (exact) mass is 343 g/mol. The van der Waals surface area contributed by atoms with E-state index in [1.54, 1.807) is 0 Å². The molecule has 0 aliphatic heterocycles. The van der Waals surface area contributed by atoms with E-state index in [9.17, 15) is 0 Å². The van der Waals surface area contributed by atoms with E-state index in [-0.39, 0.29) is 15.6 Å². The fraction of sp³-hybridized carbons (Fsp3) is 0.636. The number of rotatable bonds is 10. The van der Waals surface area contributed by atoms with Gasteiger partial charge in [-0.15, -0.1) is 6.58 Å². The second-order valence-electron chi connectivity index (χ2n) is 8.33. The number of hydrogen-bond acceptors (Lipinski definition) is 1. The summed E-state index contributed by atoms with van der Waals surface area (Å²) in [5.41, 5.74) is 3.00. The van der Waals surface area contributed by atoms with Crippen molar-refractivity contribution in [1.82, 2.24) is 0 Å². The Hall–Kier alpha value is -0.625. The Kier molecular flexibility index (Phi) is 7.72. The van der Waals surface area contributed by atoms with Crippen molar-refractivity contribution in [2.45, 2.75) is 83.7 Å². The van der Waals surface area contributed by atoms with Crippen LogP contribution in [0.3, 0.4) is 0 Å². The van der Waals surface area contributed by atoms with Crippen molar-refractivity contribution < 1.29 is 0 Å². The van der Waals surface area contributed by atoms with Crippen LogP contribution in [0.1, 0.15) is 72.8 Å². The summed E-state index contributed by atoms with van der Waals surface area (Å²) in [6.45, 7) is 17.6. The standard InChI is InChI=1S/C22H36BS/c1-8-15-22(10-3,16-9-2)18-11-13-19(14-12-18)23-17-20(4,5)21(6,7)24/h10-14,24H,3,8-9,15-17H2,1-2,4-7H3. The van der Waals surface area contributed by atoms with Crippen LogP contribution in [-0.2, 0) is 5.41 Å². The van der Waals surface area contributed by atoms with E-state index in [0.29, 0.717) is 0 Å². The minimum atomic E-state index is 0.00366. The molecular weight excluding hydrogens is 307 g/mol. The van der Waals surface area contributed by atoms with Gasteiger partial charge in [-0.05, 0) is 23.8 Å². The van der Waals surface area contributed by atoms with Crippen molar-refractivity contribution in [3.63, 3.8) is 0 Å². The van der Waals surface area contributed by atoms with Crippen LogP contribution in [0, 0.1) is 5.41 Å². The summed E-state index contributed by atoms with van der Waals surface area (Å²) in [4.78, 5) is 0. The average Bonchev–Trinajstić information content (AvgIpc) is 2.52. The van der Waals surface area contributed by atoms with Gasteiger partial charge in [-0.1, -0.05) is 96.5 Å². The maximum Gasteiger partial charge on any atom is 0.152 e. The second-order valence-corrected chi connectivity index (χ2v) is 9.45. The molecule has 0 fully saturated rings. The number of allylic oxidation sites excluding steroid dienone is 1. The van der Waals surface area contributed by atoms with E-state index in [1.807, 2.05) is 0 Å². The van der Waals surface area contributed by atoms with Gasteiger partial charge < -0.3 is 0 Å². The zero-order valence-electron chi connectivity index (χ0n) is 16.7. The van der Waals surface area contributed by atoms with Gasteiger partial charge in [-0.25, -0.2) is 0 Å². The Morgan fingerprint density at radius 3 is 1.88 bits per heavy atom. The Morgan fingerprint density at radius 2 is 1.50 bits per heavy atom. The first kappa shape index (κ1) is 21.4. The normalized spacial score (nSPS) is 13.0. The van der Waals surface area contributed by atoms with Gasteiger partial charge in [-0.2, -0.15) is 12.6 Å². The van der Waals surface area contributed by atoms with Crippen molar-refractivity contribution in [2.75, 3.05) is 0 Å². The molecule has 1 radical (unpaired) electrons. The molecule has 0 aliphatic carbocycles. The Morgan fingerprint density at radius 1 is 1.00 bits per heavy atom. The van der Waals surface area contributed by atoms with Crippen LogP contribution in [0.15, 0.2) is 36.9 Å². The molecular formula is C22H36BS. The summed E-state index contributed by atoms with van der Waals surface area (Å²) in [5.74, 6) is 0. The molecule has 24 heavy (non-hydrogen) atoms. The quantitative estimate of drug-likeness (QED) is 0.292. The van der Waals surface area contributed by atoms with Crippen LogP contribution in [0.4, 0.5) is 0 Å². The molecule has 0 bridgehead atoms. The molecule has 133 valence electrons. The molecule has 2 heteroatoms. The molecule has 0 heterocycles. The van der Waals surface area contributed by atoms with E-state index in [4.69, 9.17) is 12.6 Å². The summed E-state index contributed by atoms with van der Waals surface area (Å²) in [6.07, 6.45) is 7.92. The van der Waals surface area contributed by atoms with E-state index in [0.717, 1.165) is 6.32 Å². The largest absolute Gasteiger partial charge is 0.173 e. The molecule has 1 rings (SSSR count). The highest BCUT2D eigenvalue weighted by Gasteiger charge is 2.33. The summed E-state index contributed by atoms with van der Waals surface area (Å²) < 4.78 is 0.00366. The first-order chi connectivity index (χ1) is 11.1. The molecule has 0 amide bonds. The summed E-state index contributed by atoms with van der Waals surface area (Å²) in [5, 5.41) is 0. The number of thiol groups is 1. The van der Waals surface area contributed by atoms with Gasteiger partial charge >= 0.3 is 0 Å². The fourth-order valence-corrected chi connectivity index (χ4v) is 3.29. The zero-order chi connectivity index (χ0) is 18.4. The van der Waals surface area contributed by atoms with E-state index < -0.39 is 0 Å². The van der Waals surface area contributed by atoms with E-state index >= 15 is 0 Å². The first-order valence-corrected chi connectivity index (χ1v) is 9.86. The lowest BCUT2D eigenvalue weighted by Gasteiger charge is -2.38. The highest BCUT2D eigenvalue weighted by Crippen LogP contribution is 2.39. The van der Waals surface area contributed by atoms with Crippen molar-refractivity contribution in [2.24, 2.45) is 5.41 Å². The van der Waals surface area contributed by atoms with Crippen LogP contribution < -0.4 is 5.46 Å². The minimum Gasteiger partial charge on any atom is -0.173 e. The molecule has 0 saturated carbocycles. The fourth-order valence-electron chi connectivity index (χ4n) is 3.20. The summed E-state index contributed by atoms with van der Waals surface area (Å²) in [6, 6.07) is 9.14. The first-order valence-electron chi connectivity index (χ1n) is 9.41. The van der Waals surface area contributed by atoms with Crippen LogP contribution in [0.5, 0.6) is 0 Å². The SMILES string of the molecule is C=CC(CCC)(CCC)c1ccc([B]CC(C)(C)C(C)(C)S)cc1. The molecule has 1 aromatic carbocycles. The summed E-state index contributed by atoms with van der Waals surface area (Å²) in [7, 11) is 2.34. The maximum atomic E-state index is 4.76. The van der Waals surface area contributed by atoms with Gasteiger partial charge in [0.05, 0.1) is 0 Å². The van der Waals surface area contributed by atoms with Gasteiger partial charge in [0, 0.05) is 10.2 Å². The minimum absolute atomic E-state index is 0.00366. The number of hydrogen-bond donors (Lipinski definition) is 1. The lowest BCUT2D eigenvalue weighted by molar-refractivity contribution is 0.322. The Bertz CT molecular complexity index is 502. The molecule has 0 saturated heterocycles. The third-order valence-corrected chi connectivity index (χ3v) is 6.38. The van der Waals surface area contributed by atoms with Crippen LogP contribution >= 0.6 is 12.6 Å². The maximum absolute atomic E-state index is 4.76. The Labute approximate surface area is 157 Å². The average molecular weight is 343 g/mol. The molecule has 0 aromatic heterocycles. The lowest BCUT2D eigenvalue weighted by Crippen LogP contribution is -2.36. The van der Waals surface area contributed by atoms with Crippen molar-refractivity contribution in [1.29, 1.82) is 0 Å². The van der Waals surface area contributed by atoms with Crippen LogP contribution in [0.2, 0.25) is 6.32 Å². The molecule has 0 unspecified atom stereocenters. The highest BCUT2D eigenvalue weighted by atomic mass is 32.1. The molecule has 0 nitrogen and oxygen atoms in total. The third kappa shape index (κ3) is 5.18. The van der Waals surface area contributed by atoms with Gasteiger partial charge in [-0.3, -0.25) is 0 Å². The predicted octanol–water partition coefficient (Wildman–Crippen LogP) is 6.19. The highest BCUT2D eigenvalue weighted by molar-refractivity contribution is 7.81. The van der Waals surface area contributed by atoms with Gasteiger partial charge in [0.15, 0.2) is 7.28 Å². The predicted molar refractivity (Wildman–Crippen MR) is 115 cm³/mol.